The van der Waals surface area contributed by atoms with Crippen molar-refractivity contribution >= 4 is 5.97 Å². The third-order valence-electron chi connectivity index (χ3n) is 2.47. The number of esters is 1. The number of ether oxygens (including phenoxy) is 1. The second-order valence-corrected chi connectivity index (χ2v) is 4.01. The van der Waals surface area contributed by atoms with Crippen molar-refractivity contribution in [2.24, 2.45) is 0 Å². The highest BCUT2D eigenvalue weighted by atomic mass is 16.6. The van der Waals surface area contributed by atoms with E-state index in [1.165, 1.54) is 32.1 Å². The minimum absolute atomic E-state index is 0.521. The maximum Gasteiger partial charge on any atom is 0.332 e. The summed E-state index contributed by atoms with van der Waals surface area (Å²) in [6, 6.07) is 0. The van der Waals surface area contributed by atoms with E-state index in [2.05, 4.69) is 18.2 Å². The summed E-state index contributed by atoms with van der Waals surface area (Å²) in [4.78, 5) is 10.7. The van der Waals surface area contributed by atoms with Crippen LogP contribution in [0.15, 0.2) is 12.7 Å². The van der Waals surface area contributed by atoms with E-state index < -0.39 is 12.3 Å². The molecule has 16 heavy (non-hydrogen) atoms. The number of aliphatic hydroxyl groups excluding tert-OH is 1. The second kappa shape index (κ2) is 10.7. The first-order valence-corrected chi connectivity index (χ1v) is 6.21. The van der Waals surface area contributed by atoms with Gasteiger partial charge in [-0.05, 0) is 6.42 Å². The predicted octanol–water partition coefficient (Wildman–Crippen LogP) is 3.17. The van der Waals surface area contributed by atoms with Gasteiger partial charge in [0.15, 0.2) is 0 Å². The molecule has 0 aromatic heterocycles. The molecule has 0 saturated carbocycles. The van der Waals surface area contributed by atoms with Crippen molar-refractivity contribution in [2.45, 2.75) is 64.6 Å². The Morgan fingerprint density at radius 1 is 1.25 bits per heavy atom. The fourth-order valence-electron chi connectivity index (χ4n) is 1.52. The number of aliphatic hydroxyl groups is 1. The third kappa shape index (κ3) is 9.71. The smallest absolute Gasteiger partial charge is 0.332 e. The van der Waals surface area contributed by atoms with Crippen molar-refractivity contribution in [3.63, 3.8) is 0 Å². The Morgan fingerprint density at radius 3 is 2.38 bits per heavy atom. The van der Waals surface area contributed by atoms with E-state index in [1.54, 1.807) is 0 Å². The highest BCUT2D eigenvalue weighted by molar-refractivity contribution is 5.81. The lowest BCUT2D eigenvalue weighted by molar-refractivity contribution is -0.162. The van der Waals surface area contributed by atoms with Gasteiger partial charge < -0.3 is 9.84 Å². The van der Waals surface area contributed by atoms with Crippen LogP contribution >= 0.6 is 0 Å². The summed E-state index contributed by atoms with van der Waals surface area (Å²) < 4.78 is 4.64. The van der Waals surface area contributed by atoms with E-state index in [0.29, 0.717) is 6.42 Å². The lowest BCUT2D eigenvalue weighted by Gasteiger charge is -2.09. The fraction of sp³-hybridized carbons (Fsp3) is 0.769. The van der Waals surface area contributed by atoms with Gasteiger partial charge in [0.1, 0.15) is 0 Å². The highest BCUT2D eigenvalue weighted by Gasteiger charge is 2.07. The number of hydrogen-bond acceptors (Lipinski definition) is 3. The van der Waals surface area contributed by atoms with E-state index in [-0.39, 0.29) is 0 Å². The molecule has 1 atom stereocenters. The average Bonchev–Trinajstić information content (AvgIpc) is 2.27. The van der Waals surface area contributed by atoms with Gasteiger partial charge in [0.05, 0.1) is 0 Å². The van der Waals surface area contributed by atoms with Crippen molar-refractivity contribution in [1.82, 2.24) is 0 Å². The Kier molecular flexibility index (Phi) is 10.1. The van der Waals surface area contributed by atoms with E-state index in [9.17, 15) is 9.90 Å². The molecule has 0 aliphatic heterocycles. The molecular formula is C13H24O3. The van der Waals surface area contributed by atoms with Crippen LogP contribution in [0.3, 0.4) is 0 Å². The summed E-state index contributed by atoms with van der Waals surface area (Å²) in [5.74, 6) is -0.560. The SMILES string of the molecule is C=CC(=O)OC(O)CCCCCCCCC. The van der Waals surface area contributed by atoms with Gasteiger partial charge in [-0.2, -0.15) is 0 Å². The predicted molar refractivity (Wildman–Crippen MR) is 64.9 cm³/mol. The Hall–Kier alpha value is -0.830. The molecule has 1 unspecified atom stereocenters. The van der Waals surface area contributed by atoms with Gasteiger partial charge in [0.25, 0.3) is 0 Å². The van der Waals surface area contributed by atoms with E-state index in [4.69, 9.17) is 0 Å². The van der Waals surface area contributed by atoms with Gasteiger partial charge in [-0.15, -0.1) is 0 Å². The maximum absolute atomic E-state index is 10.7. The van der Waals surface area contributed by atoms with Crippen LogP contribution in [-0.4, -0.2) is 17.4 Å². The minimum atomic E-state index is -0.971. The zero-order valence-electron chi connectivity index (χ0n) is 10.3. The monoisotopic (exact) mass is 228 g/mol. The summed E-state index contributed by atoms with van der Waals surface area (Å²) in [6.45, 7) is 5.46. The Labute approximate surface area is 98.5 Å². The fourth-order valence-corrected chi connectivity index (χ4v) is 1.52. The molecule has 0 saturated heterocycles. The summed E-state index contributed by atoms with van der Waals surface area (Å²) in [5, 5.41) is 9.30. The van der Waals surface area contributed by atoms with Crippen molar-refractivity contribution in [1.29, 1.82) is 0 Å². The van der Waals surface area contributed by atoms with Crippen LogP contribution in [0.2, 0.25) is 0 Å². The van der Waals surface area contributed by atoms with Crippen molar-refractivity contribution < 1.29 is 14.6 Å². The van der Waals surface area contributed by atoms with Gasteiger partial charge in [0.2, 0.25) is 6.29 Å². The molecule has 0 aromatic carbocycles. The molecule has 0 rings (SSSR count). The first-order chi connectivity index (χ1) is 7.70. The van der Waals surface area contributed by atoms with Crippen molar-refractivity contribution in [3.05, 3.63) is 12.7 Å². The molecule has 0 amide bonds. The van der Waals surface area contributed by atoms with Gasteiger partial charge >= 0.3 is 5.97 Å². The maximum atomic E-state index is 10.7. The van der Waals surface area contributed by atoms with E-state index in [0.717, 1.165) is 18.9 Å². The van der Waals surface area contributed by atoms with Gasteiger partial charge in [-0.25, -0.2) is 4.79 Å². The molecule has 0 aliphatic carbocycles. The summed E-state index contributed by atoms with van der Waals surface area (Å²) in [7, 11) is 0. The molecule has 0 spiro atoms. The number of carbonyl (C=O) groups excluding carboxylic acids is 1. The molecule has 0 aliphatic rings. The molecule has 0 heterocycles. The van der Waals surface area contributed by atoms with E-state index >= 15 is 0 Å². The van der Waals surface area contributed by atoms with Crippen LogP contribution in [0.5, 0.6) is 0 Å². The lowest BCUT2D eigenvalue weighted by Crippen LogP contribution is -2.15. The van der Waals surface area contributed by atoms with Gasteiger partial charge in [-0.3, -0.25) is 0 Å². The average molecular weight is 228 g/mol. The van der Waals surface area contributed by atoms with Crippen molar-refractivity contribution in [3.8, 4) is 0 Å². The van der Waals surface area contributed by atoms with E-state index in [1.807, 2.05) is 0 Å². The standard InChI is InChI=1S/C13H24O3/c1-3-5-6-7-8-9-10-11-13(15)16-12(14)4-2/h4,13,15H,2-3,5-11H2,1H3. The van der Waals surface area contributed by atoms with Crippen LogP contribution in [0, 0.1) is 0 Å². The topological polar surface area (TPSA) is 46.5 Å². The molecule has 1 N–H and O–H groups in total. The largest absolute Gasteiger partial charge is 0.433 e. The first-order valence-electron chi connectivity index (χ1n) is 6.21. The Balaban J connectivity index is 3.24. The number of rotatable bonds is 10. The van der Waals surface area contributed by atoms with Crippen LogP contribution in [-0.2, 0) is 9.53 Å². The normalized spacial score (nSPS) is 12.1. The Morgan fingerprint density at radius 2 is 1.81 bits per heavy atom. The summed E-state index contributed by atoms with van der Waals surface area (Å²) in [5.41, 5.74) is 0. The zero-order chi connectivity index (χ0) is 12.2. The number of unbranched alkanes of at least 4 members (excludes halogenated alkanes) is 6. The Bertz CT molecular complexity index is 190. The molecule has 0 radical (unpaired) electrons. The molecular weight excluding hydrogens is 204 g/mol. The van der Waals surface area contributed by atoms with Gasteiger partial charge in [-0.1, -0.05) is 52.0 Å². The van der Waals surface area contributed by atoms with Crippen LogP contribution in [0.4, 0.5) is 0 Å². The zero-order valence-corrected chi connectivity index (χ0v) is 10.3. The van der Waals surface area contributed by atoms with Crippen LogP contribution in [0.1, 0.15) is 58.3 Å². The summed E-state index contributed by atoms with van der Waals surface area (Å²) >= 11 is 0. The number of hydrogen-bond donors (Lipinski definition) is 1. The molecule has 94 valence electrons. The quantitative estimate of drug-likeness (QED) is 0.270. The molecule has 3 nitrogen and oxygen atoms in total. The second-order valence-electron chi connectivity index (χ2n) is 4.01. The number of carbonyl (C=O) groups is 1. The van der Waals surface area contributed by atoms with Crippen LogP contribution in [0.25, 0.3) is 0 Å². The molecule has 0 fully saturated rings. The highest BCUT2D eigenvalue weighted by Crippen LogP contribution is 2.10. The minimum Gasteiger partial charge on any atom is -0.433 e. The van der Waals surface area contributed by atoms with Gasteiger partial charge in [0, 0.05) is 12.5 Å². The summed E-state index contributed by atoms with van der Waals surface area (Å²) in [6.07, 6.45) is 8.92. The third-order valence-corrected chi connectivity index (χ3v) is 2.47. The lowest BCUT2D eigenvalue weighted by atomic mass is 10.1. The van der Waals surface area contributed by atoms with Crippen LogP contribution < -0.4 is 0 Å². The first kappa shape index (κ1) is 15.2. The van der Waals surface area contributed by atoms with Crippen molar-refractivity contribution in [2.75, 3.05) is 0 Å². The molecule has 3 heteroatoms. The molecule has 0 aromatic rings. The molecule has 0 bridgehead atoms.